The smallest absolute Gasteiger partial charge is 0.372 e. The maximum absolute atomic E-state index is 13.5. The largest absolute Gasteiger partial charge is 0.403 e. The Morgan fingerprint density at radius 1 is 0.894 bits per heavy atom. The van der Waals surface area contributed by atoms with E-state index in [4.69, 9.17) is 9.51 Å². The molecule has 6 aromatic rings. The van der Waals surface area contributed by atoms with E-state index >= 15 is 0 Å². The number of aromatic nitrogens is 6. The summed E-state index contributed by atoms with van der Waals surface area (Å²) in [6.07, 6.45) is 1.15. The lowest BCUT2D eigenvalue weighted by atomic mass is 9.95. The van der Waals surface area contributed by atoms with Gasteiger partial charge in [0.15, 0.2) is 0 Å². The lowest BCUT2D eigenvalue weighted by molar-refractivity contribution is -0.166. The van der Waals surface area contributed by atoms with Gasteiger partial charge in [0.25, 0.3) is 11.7 Å². The normalized spacial score (nSPS) is 18.7. The number of aryl methyl sites for hydroxylation is 1. The van der Waals surface area contributed by atoms with E-state index in [2.05, 4.69) is 74.7 Å². The fourth-order valence-corrected chi connectivity index (χ4v) is 9.51. The van der Waals surface area contributed by atoms with Crippen LogP contribution in [0.2, 0.25) is 0 Å². The molecule has 3 aliphatic heterocycles. The number of H-pyrrole nitrogens is 1. The highest BCUT2D eigenvalue weighted by atomic mass is 19.4. The molecule has 4 aliphatic rings. The summed E-state index contributed by atoms with van der Waals surface area (Å²) in [4.78, 5) is 66.9. The Kier molecular flexibility index (Phi) is 11.2. The number of nitrogens with one attached hydrogen (secondary N) is 3. The van der Waals surface area contributed by atoms with Crippen molar-refractivity contribution >= 4 is 46.1 Å². The third-order valence-corrected chi connectivity index (χ3v) is 13.6. The zero-order chi connectivity index (χ0) is 45.7. The van der Waals surface area contributed by atoms with Crippen LogP contribution in [0.3, 0.4) is 0 Å². The molecule has 2 aromatic carbocycles. The Balaban J connectivity index is 0.715. The maximum atomic E-state index is 13.5. The molecule has 1 unspecified atom stereocenters. The van der Waals surface area contributed by atoms with Crippen LogP contribution in [0.25, 0.3) is 33.5 Å². The summed E-state index contributed by atoms with van der Waals surface area (Å²) in [6, 6.07) is 19.1. The highest BCUT2D eigenvalue weighted by Crippen LogP contribution is 2.58. The summed E-state index contributed by atoms with van der Waals surface area (Å²) in [6.45, 7) is 10.9. The molecule has 10 rings (SSSR count). The Morgan fingerprint density at radius 3 is 2.32 bits per heavy atom. The molecular weight excluding hydrogens is 854 g/mol. The number of urea groups is 1. The quantitative estimate of drug-likeness (QED) is 0.122. The van der Waals surface area contributed by atoms with Gasteiger partial charge < -0.3 is 24.6 Å². The number of rotatable bonds is 11. The van der Waals surface area contributed by atoms with Gasteiger partial charge in [0.2, 0.25) is 11.8 Å². The van der Waals surface area contributed by atoms with Crippen molar-refractivity contribution in [2.75, 3.05) is 67.1 Å². The van der Waals surface area contributed by atoms with Gasteiger partial charge >= 0.3 is 12.2 Å². The number of fused-ring (bicyclic) bond motifs is 1. The highest BCUT2D eigenvalue weighted by molar-refractivity contribution is 6.05. The molecule has 0 bridgehead atoms. The fraction of sp³-hybridized carbons (Fsp3) is 0.404. The number of amides is 4. The van der Waals surface area contributed by atoms with Crippen molar-refractivity contribution in [1.29, 1.82) is 0 Å². The number of hydrogen-bond donors (Lipinski definition) is 3. The number of hydrogen-bond acceptors (Lipinski definition) is 12. The third-order valence-electron chi connectivity index (χ3n) is 13.6. The topological polar surface area (TPSA) is 182 Å². The number of benzene rings is 2. The molecule has 1 atom stereocenters. The summed E-state index contributed by atoms with van der Waals surface area (Å²) in [5.74, 6) is -0.389. The minimum atomic E-state index is -4.53. The van der Waals surface area contributed by atoms with Gasteiger partial charge in [-0.3, -0.25) is 24.7 Å². The summed E-state index contributed by atoms with van der Waals surface area (Å²) in [7, 11) is 0. The number of imide groups is 1. The lowest BCUT2D eigenvalue weighted by Gasteiger charge is -2.39. The molecule has 16 nitrogen and oxygen atoms in total. The van der Waals surface area contributed by atoms with Crippen LogP contribution in [-0.2, 0) is 10.2 Å². The SMILES string of the molecule is Cc1cc(-c2ncnc3[nH]c(-c4ccc(N5CCN(CC6CCN(c7ccc(N8CCC(=O)NC8=O)cc7)CC6)CC5)nc4)cc23)ccc1C(C)NC(=O)c1noc(C2(C(F)(F)F)CC2)n1. The van der Waals surface area contributed by atoms with Crippen LogP contribution in [0.1, 0.15) is 72.7 Å². The molecule has 66 heavy (non-hydrogen) atoms. The van der Waals surface area contributed by atoms with Gasteiger partial charge in [0, 0.05) is 98.6 Å². The summed E-state index contributed by atoms with van der Waals surface area (Å²) in [5, 5.41) is 9.55. The van der Waals surface area contributed by atoms with Gasteiger partial charge in [-0.15, -0.1) is 0 Å². The second-order valence-corrected chi connectivity index (χ2v) is 17.8. The number of pyridine rings is 1. The van der Waals surface area contributed by atoms with Crippen molar-refractivity contribution in [1.82, 2.24) is 45.6 Å². The molecule has 1 aliphatic carbocycles. The van der Waals surface area contributed by atoms with E-state index in [1.165, 1.54) is 6.33 Å². The molecule has 4 aromatic heterocycles. The molecule has 4 fully saturated rings. The number of piperazine rings is 1. The minimum absolute atomic E-state index is 0.144. The molecule has 1 saturated carbocycles. The number of carbonyl (C=O) groups is 3. The van der Waals surface area contributed by atoms with Gasteiger partial charge in [-0.25, -0.2) is 19.7 Å². The van der Waals surface area contributed by atoms with Crippen LogP contribution in [0, 0.1) is 12.8 Å². The molecule has 0 radical (unpaired) electrons. The van der Waals surface area contributed by atoms with Gasteiger partial charge in [0.1, 0.15) is 23.2 Å². The Bertz CT molecular complexity index is 2770. The van der Waals surface area contributed by atoms with Crippen molar-refractivity contribution in [3.05, 3.63) is 96.0 Å². The number of carbonyl (C=O) groups excluding carboxylic acids is 3. The first-order chi connectivity index (χ1) is 31.8. The Hall–Kier alpha value is -6.89. The minimum Gasteiger partial charge on any atom is -0.372 e. The first kappa shape index (κ1) is 43.0. The van der Waals surface area contributed by atoms with Crippen molar-refractivity contribution in [3.8, 4) is 22.5 Å². The van der Waals surface area contributed by atoms with Gasteiger partial charge in [-0.1, -0.05) is 17.3 Å². The number of nitrogens with zero attached hydrogens (tertiary/aromatic N) is 9. The van der Waals surface area contributed by atoms with Gasteiger partial charge in [-0.05, 0) is 105 Å². The summed E-state index contributed by atoms with van der Waals surface area (Å²) >= 11 is 0. The third kappa shape index (κ3) is 8.42. The van der Waals surface area contributed by atoms with Gasteiger partial charge in [0.05, 0.1) is 11.7 Å². The molecule has 7 heterocycles. The van der Waals surface area contributed by atoms with E-state index in [-0.39, 0.29) is 24.8 Å². The summed E-state index contributed by atoms with van der Waals surface area (Å²) < 4.78 is 45.5. The maximum Gasteiger partial charge on any atom is 0.403 e. The molecule has 4 amide bonds. The predicted molar refractivity (Wildman–Crippen MR) is 240 cm³/mol. The second-order valence-electron chi connectivity index (χ2n) is 17.8. The average molecular weight is 903 g/mol. The van der Waals surface area contributed by atoms with Crippen LogP contribution in [0.4, 0.5) is 35.2 Å². The molecule has 342 valence electrons. The molecule has 19 heteroatoms. The average Bonchev–Trinajstić information content (AvgIpc) is 3.78. The zero-order valence-electron chi connectivity index (χ0n) is 36.6. The number of anilines is 3. The van der Waals surface area contributed by atoms with Crippen molar-refractivity contribution in [2.45, 2.75) is 63.6 Å². The standard InChI is InChI=1S/C47H49F3N12O4/c1-28-23-31(3-9-35(28)29(2)54-43(64)42-57-44(66-58-42)46(14-15-46)47(48,49)50)40-36-24-37(55-41(36)53-27-52-40)32-4-10-38(51-25-32)61-21-19-59(20-22-61)26-30-11-16-60(17-12-30)33-5-7-34(8-6-33)62-18-13-39(63)56-45(62)65/h3-10,23-25,27,29-30H,11-22,26H2,1-2H3,(H,54,64)(H,52,53,55)(H,56,63,65). The first-order valence-corrected chi connectivity index (χ1v) is 22.4. The number of piperidine rings is 1. The molecule has 3 saturated heterocycles. The van der Waals surface area contributed by atoms with Crippen LogP contribution < -0.4 is 25.3 Å². The number of halogens is 3. The summed E-state index contributed by atoms with van der Waals surface area (Å²) in [5.41, 5.74) is 5.53. The van der Waals surface area contributed by atoms with E-state index in [1.807, 2.05) is 49.5 Å². The van der Waals surface area contributed by atoms with E-state index < -0.39 is 35.3 Å². The molecule has 3 N–H and O–H groups in total. The van der Waals surface area contributed by atoms with Crippen LogP contribution in [0.15, 0.2) is 77.7 Å². The van der Waals surface area contributed by atoms with Crippen LogP contribution >= 0.6 is 0 Å². The Morgan fingerprint density at radius 2 is 1.64 bits per heavy atom. The molecular formula is C47H49F3N12O4. The molecule has 0 spiro atoms. The number of aromatic amines is 1. The lowest BCUT2D eigenvalue weighted by Crippen LogP contribution is -2.49. The Labute approximate surface area is 378 Å². The van der Waals surface area contributed by atoms with E-state index in [9.17, 15) is 27.6 Å². The first-order valence-electron chi connectivity index (χ1n) is 22.4. The van der Waals surface area contributed by atoms with Crippen molar-refractivity contribution < 1.29 is 32.1 Å². The van der Waals surface area contributed by atoms with Crippen molar-refractivity contribution in [2.24, 2.45) is 5.92 Å². The zero-order valence-corrected chi connectivity index (χ0v) is 36.6. The van der Waals surface area contributed by atoms with E-state index in [0.717, 1.165) is 115 Å². The van der Waals surface area contributed by atoms with Crippen LogP contribution in [-0.4, -0.2) is 111 Å². The highest BCUT2D eigenvalue weighted by Gasteiger charge is 2.68. The monoisotopic (exact) mass is 902 g/mol. The van der Waals surface area contributed by atoms with Gasteiger partial charge in [-0.2, -0.15) is 18.2 Å². The van der Waals surface area contributed by atoms with E-state index in [1.54, 1.807) is 11.8 Å². The van der Waals surface area contributed by atoms with E-state index in [0.29, 0.717) is 24.5 Å². The predicted octanol–water partition coefficient (Wildman–Crippen LogP) is 6.95. The fourth-order valence-electron chi connectivity index (χ4n) is 9.51. The van der Waals surface area contributed by atoms with Crippen molar-refractivity contribution in [3.63, 3.8) is 0 Å². The second kappa shape index (κ2) is 17.2. The number of alkyl halides is 3. The van der Waals surface area contributed by atoms with Crippen LogP contribution in [0.5, 0.6) is 0 Å².